The molecule has 2 aromatic carbocycles. The molecule has 1 saturated heterocycles. The Morgan fingerprint density at radius 3 is 2.32 bits per heavy atom. The smallest absolute Gasteiger partial charge is 0.270 e. The van der Waals surface area contributed by atoms with Crippen LogP contribution < -0.4 is 19.7 Å². The first-order chi connectivity index (χ1) is 13.3. The third-order valence-corrected chi connectivity index (χ3v) is 4.60. The Morgan fingerprint density at radius 2 is 1.71 bits per heavy atom. The SMILES string of the molecule is COc1cc(Cl)c(/C=C2/C(=O)NC(=S)N(c3ccc(F)cc3)C2=O)cc1OC. The van der Waals surface area contributed by atoms with Gasteiger partial charge in [-0.2, -0.15) is 0 Å². The van der Waals surface area contributed by atoms with E-state index in [4.69, 9.17) is 33.3 Å². The first-order valence-electron chi connectivity index (χ1n) is 7.94. The zero-order valence-electron chi connectivity index (χ0n) is 14.8. The molecule has 0 spiro atoms. The second kappa shape index (κ2) is 7.95. The molecule has 0 atom stereocenters. The maximum absolute atomic E-state index is 13.2. The van der Waals surface area contributed by atoms with Gasteiger partial charge < -0.3 is 9.47 Å². The Hall–Kier alpha value is -2.97. The van der Waals surface area contributed by atoms with Gasteiger partial charge in [-0.1, -0.05) is 11.6 Å². The molecule has 144 valence electrons. The lowest BCUT2D eigenvalue weighted by Crippen LogP contribution is -2.54. The molecule has 0 radical (unpaired) electrons. The van der Waals surface area contributed by atoms with E-state index in [9.17, 15) is 14.0 Å². The molecule has 0 bridgehead atoms. The summed E-state index contributed by atoms with van der Waals surface area (Å²) < 4.78 is 23.6. The van der Waals surface area contributed by atoms with Crippen molar-refractivity contribution in [3.05, 3.63) is 58.4 Å². The van der Waals surface area contributed by atoms with E-state index in [0.29, 0.717) is 22.7 Å². The van der Waals surface area contributed by atoms with E-state index in [1.54, 1.807) is 6.07 Å². The van der Waals surface area contributed by atoms with Crippen LogP contribution in [0.5, 0.6) is 11.5 Å². The Bertz CT molecular complexity index is 1010. The van der Waals surface area contributed by atoms with Gasteiger partial charge in [-0.15, -0.1) is 0 Å². The summed E-state index contributed by atoms with van der Waals surface area (Å²) in [5.74, 6) is -1.00. The zero-order chi connectivity index (χ0) is 20.4. The summed E-state index contributed by atoms with van der Waals surface area (Å²) in [6, 6.07) is 8.22. The van der Waals surface area contributed by atoms with Crippen LogP contribution in [-0.2, 0) is 9.59 Å². The quantitative estimate of drug-likeness (QED) is 0.467. The van der Waals surface area contributed by atoms with Gasteiger partial charge in [0.2, 0.25) is 0 Å². The van der Waals surface area contributed by atoms with Crippen molar-refractivity contribution in [3.63, 3.8) is 0 Å². The highest BCUT2D eigenvalue weighted by atomic mass is 35.5. The number of carbonyl (C=O) groups is 2. The van der Waals surface area contributed by atoms with Crippen LogP contribution >= 0.6 is 23.8 Å². The summed E-state index contributed by atoms with van der Waals surface area (Å²) in [7, 11) is 2.92. The Balaban J connectivity index is 2.05. The molecule has 1 aliphatic heterocycles. The van der Waals surface area contributed by atoms with Gasteiger partial charge in [0.1, 0.15) is 11.4 Å². The molecule has 0 aliphatic carbocycles. The fourth-order valence-corrected chi connectivity index (χ4v) is 3.11. The summed E-state index contributed by atoms with van der Waals surface area (Å²) in [6.07, 6.45) is 1.33. The van der Waals surface area contributed by atoms with Gasteiger partial charge in [0.15, 0.2) is 16.6 Å². The van der Waals surface area contributed by atoms with Gasteiger partial charge in [0.25, 0.3) is 11.8 Å². The maximum atomic E-state index is 13.2. The van der Waals surface area contributed by atoms with E-state index >= 15 is 0 Å². The minimum Gasteiger partial charge on any atom is -0.493 e. The number of nitrogens with one attached hydrogen (secondary N) is 1. The second-order valence-corrected chi connectivity index (χ2v) is 6.46. The summed E-state index contributed by atoms with van der Waals surface area (Å²) in [5, 5.41) is 2.61. The Labute approximate surface area is 170 Å². The minimum absolute atomic E-state index is 0.0998. The number of amides is 2. The zero-order valence-corrected chi connectivity index (χ0v) is 16.4. The number of hydrogen-bond acceptors (Lipinski definition) is 5. The molecular weight excluding hydrogens is 407 g/mol. The number of carbonyl (C=O) groups excluding carboxylic acids is 2. The number of methoxy groups -OCH3 is 2. The summed E-state index contributed by atoms with van der Waals surface area (Å²) >= 11 is 11.3. The summed E-state index contributed by atoms with van der Waals surface area (Å²) in [4.78, 5) is 26.4. The molecule has 0 unspecified atom stereocenters. The first kappa shape index (κ1) is 19.8. The van der Waals surface area contributed by atoms with Crippen molar-refractivity contribution < 1.29 is 23.5 Å². The van der Waals surface area contributed by atoms with E-state index in [1.165, 1.54) is 50.6 Å². The van der Waals surface area contributed by atoms with Crippen molar-refractivity contribution in [3.8, 4) is 11.5 Å². The largest absolute Gasteiger partial charge is 0.493 e. The third kappa shape index (κ3) is 3.69. The predicted octanol–water partition coefficient (Wildman–Crippen LogP) is 3.33. The average Bonchev–Trinajstić information content (AvgIpc) is 2.67. The summed E-state index contributed by atoms with van der Waals surface area (Å²) in [5.41, 5.74) is 0.512. The molecule has 28 heavy (non-hydrogen) atoms. The number of hydrogen-bond donors (Lipinski definition) is 1. The van der Waals surface area contributed by atoms with Crippen LogP contribution in [0.3, 0.4) is 0 Å². The van der Waals surface area contributed by atoms with Crippen LogP contribution in [0.25, 0.3) is 6.08 Å². The van der Waals surface area contributed by atoms with Crippen LogP contribution in [0, 0.1) is 5.82 Å². The van der Waals surface area contributed by atoms with Crippen LogP contribution in [0.4, 0.5) is 10.1 Å². The lowest BCUT2D eigenvalue weighted by molar-refractivity contribution is -0.122. The lowest BCUT2D eigenvalue weighted by atomic mass is 10.1. The highest BCUT2D eigenvalue weighted by Gasteiger charge is 2.34. The number of benzene rings is 2. The number of anilines is 1. The normalized spacial score (nSPS) is 15.6. The van der Waals surface area contributed by atoms with E-state index in [1.807, 2.05) is 0 Å². The molecule has 0 saturated carbocycles. The number of halogens is 2. The number of rotatable bonds is 4. The lowest BCUT2D eigenvalue weighted by Gasteiger charge is -2.29. The predicted molar refractivity (Wildman–Crippen MR) is 107 cm³/mol. The van der Waals surface area contributed by atoms with Gasteiger partial charge >= 0.3 is 0 Å². The van der Waals surface area contributed by atoms with Gasteiger partial charge in [0.05, 0.1) is 24.9 Å². The second-order valence-electron chi connectivity index (χ2n) is 5.66. The number of nitrogens with zero attached hydrogens (tertiary/aromatic N) is 1. The molecule has 2 aromatic rings. The van der Waals surface area contributed by atoms with Crippen molar-refractivity contribution in [2.45, 2.75) is 0 Å². The number of thiocarbonyl (C=S) groups is 1. The number of ether oxygens (including phenoxy) is 2. The standard InChI is InChI=1S/C19H14ClFN2O4S/c1-26-15-8-10(14(20)9-16(15)27-2)7-13-17(24)22-19(28)23(18(13)25)12-5-3-11(21)4-6-12/h3-9H,1-2H3,(H,22,24,28)/b13-7-. The van der Waals surface area contributed by atoms with Crippen molar-refractivity contribution >= 4 is 52.5 Å². The van der Waals surface area contributed by atoms with Gasteiger partial charge in [-0.25, -0.2) is 4.39 Å². The fraction of sp³-hybridized carbons (Fsp3) is 0.105. The highest BCUT2D eigenvalue weighted by molar-refractivity contribution is 7.80. The molecule has 6 nitrogen and oxygen atoms in total. The first-order valence-corrected chi connectivity index (χ1v) is 8.73. The van der Waals surface area contributed by atoms with Crippen LogP contribution in [0.15, 0.2) is 42.0 Å². The molecule has 1 aliphatic rings. The summed E-state index contributed by atoms with van der Waals surface area (Å²) in [6.45, 7) is 0. The Kier molecular flexibility index (Phi) is 5.62. The van der Waals surface area contributed by atoms with E-state index in [0.717, 1.165) is 4.90 Å². The van der Waals surface area contributed by atoms with Crippen molar-refractivity contribution in [1.82, 2.24) is 5.32 Å². The Morgan fingerprint density at radius 1 is 1.11 bits per heavy atom. The van der Waals surface area contributed by atoms with Crippen LogP contribution in [0.2, 0.25) is 5.02 Å². The van der Waals surface area contributed by atoms with Crippen molar-refractivity contribution in [1.29, 1.82) is 0 Å². The van der Waals surface area contributed by atoms with Crippen LogP contribution in [0.1, 0.15) is 5.56 Å². The molecule has 9 heteroatoms. The molecule has 1 N–H and O–H groups in total. The van der Waals surface area contributed by atoms with Gasteiger partial charge in [-0.05, 0) is 54.2 Å². The van der Waals surface area contributed by atoms with Crippen LogP contribution in [-0.4, -0.2) is 31.1 Å². The van der Waals surface area contributed by atoms with Crippen molar-refractivity contribution in [2.75, 3.05) is 19.1 Å². The van der Waals surface area contributed by atoms with E-state index < -0.39 is 17.6 Å². The fourth-order valence-electron chi connectivity index (χ4n) is 2.62. The van der Waals surface area contributed by atoms with Gasteiger partial charge in [-0.3, -0.25) is 19.8 Å². The third-order valence-electron chi connectivity index (χ3n) is 3.99. The molecule has 0 aromatic heterocycles. The van der Waals surface area contributed by atoms with E-state index in [2.05, 4.69) is 5.32 Å². The molecule has 1 heterocycles. The monoisotopic (exact) mass is 420 g/mol. The minimum atomic E-state index is -0.667. The maximum Gasteiger partial charge on any atom is 0.270 e. The van der Waals surface area contributed by atoms with Crippen molar-refractivity contribution in [2.24, 2.45) is 0 Å². The molecule has 2 amide bonds. The topological polar surface area (TPSA) is 67.9 Å². The highest BCUT2D eigenvalue weighted by Crippen LogP contribution is 2.34. The van der Waals surface area contributed by atoms with Gasteiger partial charge in [0, 0.05) is 6.07 Å². The average molecular weight is 421 g/mol. The molecular formula is C19H14ClFN2O4S. The van der Waals surface area contributed by atoms with E-state index in [-0.39, 0.29) is 15.7 Å². The molecule has 3 rings (SSSR count). The molecule has 1 fully saturated rings.